The molecule has 5 nitrogen and oxygen atoms in total. The zero-order valence-electron chi connectivity index (χ0n) is 15.2. The van der Waals surface area contributed by atoms with Crippen molar-refractivity contribution in [3.05, 3.63) is 54.1 Å². The molecule has 1 fully saturated rings. The molecule has 1 heterocycles. The van der Waals surface area contributed by atoms with Crippen molar-refractivity contribution in [1.82, 2.24) is 0 Å². The molecule has 5 heteroatoms. The Hall–Kier alpha value is -2.53. The average Bonchev–Trinajstić information content (AvgIpc) is 2.69. The van der Waals surface area contributed by atoms with Crippen LogP contribution < -0.4 is 15.0 Å². The Morgan fingerprint density at radius 3 is 2.54 bits per heavy atom. The summed E-state index contributed by atoms with van der Waals surface area (Å²) in [5.41, 5.74) is 2.45. The Bertz CT molecular complexity index is 727. The summed E-state index contributed by atoms with van der Waals surface area (Å²) in [5.74, 6) is 0.403. The summed E-state index contributed by atoms with van der Waals surface area (Å²) in [6, 6.07) is 15.3. The van der Waals surface area contributed by atoms with Gasteiger partial charge in [0.25, 0.3) is 5.91 Å². The molecule has 0 unspecified atom stereocenters. The first-order valence-corrected chi connectivity index (χ1v) is 9.15. The van der Waals surface area contributed by atoms with Crippen molar-refractivity contribution in [2.24, 2.45) is 0 Å². The number of piperidine rings is 1. The molecule has 0 atom stereocenters. The minimum Gasteiger partial charge on any atom is -0.490 e. The molecule has 1 aliphatic heterocycles. The highest BCUT2D eigenvalue weighted by Crippen LogP contribution is 2.29. The number of carbonyl (C=O) groups is 1. The molecule has 2 aromatic rings. The molecule has 1 saturated heterocycles. The van der Waals surface area contributed by atoms with Crippen molar-refractivity contribution < 1.29 is 14.3 Å². The fourth-order valence-electron chi connectivity index (χ4n) is 3.19. The summed E-state index contributed by atoms with van der Waals surface area (Å²) in [4.78, 5) is 15.2. The van der Waals surface area contributed by atoms with Crippen LogP contribution in [0.5, 0.6) is 5.75 Å². The molecule has 3 rings (SSSR count). The van der Waals surface area contributed by atoms with Gasteiger partial charge in [0.2, 0.25) is 0 Å². The maximum absolute atomic E-state index is 12.9. The van der Waals surface area contributed by atoms with E-state index >= 15 is 0 Å². The monoisotopic (exact) mass is 354 g/mol. The summed E-state index contributed by atoms with van der Waals surface area (Å²) in [7, 11) is 1.62. The van der Waals surface area contributed by atoms with Gasteiger partial charge in [-0.1, -0.05) is 24.3 Å². The lowest BCUT2D eigenvalue weighted by Gasteiger charge is -2.30. The normalized spacial score (nSPS) is 14.1. The highest BCUT2D eigenvalue weighted by Gasteiger charge is 2.17. The number of anilines is 2. The average molecular weight is 354 g/mol. The van der Waals surface area contributed by atoms with E-state index in [0.29, 0.717) is 24.5 Å². The lowest BCUT2D eigenvalue weighted by Crippen LogP contribution is -2.30. The number of nitrogens with one attached hydrogen (secondary N) is 1. The fraction of sp³-hybridized carbons (Fsp3) is 0.381. The highest BCUT2D eigenvalue weighted by atomic mass is 16.5. The molecular formula is C21H26N2O3. The number of hydrogen-bond acceptors (Lipinski definition) is 4. The molecule has 2 aromatic carbocycles. The second kappa shape index (κ2) is 9.25. The third kappa shape index (κ3) is 4.55. The van der Waals surface area contributed by atoms with Crippen molar-refractivity contribution in [3.8, 4) is 5.75 Å². The van der Waals surface area contributed by atoms with Gasteiger partial charge in [-0.05, 0) is 43.5 Å². The number of para-hydroxylation sites is 3. The van der Waals surface area contributed by atoms with Crippen LogP contribution in [0.4, 0.5) is 11.4 Å². The number of nitrogens with zero attached hydrogens (tertiary/aromatic N) is 1. The number of benzene rings is 2. The third-order valence-corrected chi connectivity index (χ3v) is 4.53. The number of methoxy groups -OCH3 is 1. The molecule has 0 aromatic heterocycles. The Morgan fingerprint density at radius 1 is 1.00 bits per heavy atom. The smallest absolute Gasteiger partial charge is 0.259 e. The van der Waals surface area contributed by atoms with Gasteiger partial charge >= 0.3 is 0 Å². The maximum Gasteiger partial charge on any atom is 0.259 e. The van der Waals surface area contributed by atoms with E-state index < -0.39 is 0 Å². The summed E-state index contributed by atoms with van der Waals surface area (Å²) >= 11 is 0. The Labute approximate surface area is 154 Å². The van der Waals surface area contributed by atoms with Gasteiger partial charge in [-0.3, -0.25) is 4.79 Å². The largest absolute Gasteiger partial charge is 0.490 e. The lowest BCUT2D eigenvalue weighted by atomic mass is 10.1. The molecule has 1 amide bonds. The lowest BCUT2D eigenvalue weighted by molar-refractivity contribution is 0.101. The Kier molecular flexibility index (Phi) is 6.50. The molecule has 1 aliphatic rings. The quantitative estimate of drug-likeness (QED) is 0.765. The molecule has 138 valence electrons. The van der Waals surface area contributed by atoms with Gasteiger partial charge in [0.15, 0.2) is 0 Å². The molecular weight excluding hydrogens is 328 g/mol. The summed E-state index contributed by atoms with van der Waals surface area (Å²) in [5, 5.41) is 3.06. The van der Waals surface area contributed by atoms with Crippen LogP contribution in [-0.2, 0) is 4.74 Å². The predicted molar refractivity (Wildman–Crippen MR) is 104 cm³/mol. The van der Waals surface area contributed by atoms with Crippen LogP contribution in [0.15, 0.2) is 48.5 Å². The van der Waals surface area contributed by atoms with Crippen LogP contribution in [0, 0.1) is 0 Å². The first-order chi connectivity index (χ1) is 12.8. The van der Waals surface area contributed by atoms with Crippen LogP contribution in [0.1, 0.15) is 29.6 Å². The zero-order chi connectivity index (χ0) is 18.2. The maximum atomic E-state index is 12.9. The van der Waals surface area contributed by atoms with E-state index in [1.54, 1.807) is 19.2 Å². The van der Waals surface area contributed by atoms with Crippen molar-refractivity contribution in [3.63, 3.8) is 0 Å². The van der Waals surface area contributed by atoms with Gasteiger partial charge in [0.05, 0.1) is 23.5 Å². The summed E-state index contributed by atoms with van der Waals surface area (Å²) in [6.07, 6.45) is 3.66. The van der Waals surface area contributed by atoms with Crippen molar-refractivity contribution in [2.45, 2.75) is 19.3 Å². The molecule has 0 bridgehead atoms. The molecule has 0 spiro atoms. The second-order valence-electron chi connectivity index (χ2n) is 6.36. The zero-order valence-corrected chi connectivity index (χ0v) is 15.2. The molecule has 0 saturated carbocycles. The van der Waals surface area contributed by atoms with Crippen LogP contribution in [0.3, 0.4) is 0 Å². The molecule has 1 N–H and O–H groups in total. The van der Waals surface area contributed by atoms with E-state index in [9.17, 15) is 4.79 Å². The van der Waals surface area contributed by atoms with E-state index in [0.717, 1.165) is 24.5 Å². The van der Waals surface area contributed by atoms with Crippen LogP contribution in [0.25, 0.3) is 0 Å². The number of rotatable bonds is 7. The van der Waals surface area contributed by atoms with Crippen LogP contribution >= 0.6 is 0 Å². The van der Waals surface area contributed by atoms with E-state index in [-0.39, 0.29) is 5.91 Å². The first-order valence-electron chi connectivity index (χ1n) is 9.15. The van der Waals surface area contributed by atoms with Crippen LogP contribution in [0.2, 0.25) is 0 Å². The van der Waals surface area contributed by atoms with Gasteiger partial charge in [0.1, 0.15) is 12.4 Å². The van der Waals surface area contributed by atoms with Crippen LogP contribution in [-0.4, -0.2) is 39.3 Å². The number of carbonyl (C=O) groups excluding carboxylic acids is 1. The summed E-state index contributed by atoms with van der Waals surface area (Å²) < 4.78 is 10.7. The van der Waals surface area contributed by atoms with Gasteiger partial charge in [0, 0.05) is 20.2 Å². The van der Waals surface area contributed by atoms with Gasteiger partial charge < -0.3 is 19.7 Å². The topological polar surface area (TPSA) is 50.8 Å². The first kappa shape index (κ1) is 18.3. The number of amides is 1. The number of hydrogen-bond donors (Lipinski definition) is 1. The Balaban J connectivity index is 1.76. The Morgan fingerprint density at radius 2 is 1.73 bits per heavy atom. The molecule has 0 aliphatic carbocycles. The van der Waals surface area contributed by atoms with Gasteiger partial charge in [-0.2, -0.15) is 0 Å². The van der Waals surface area contributed by atoms with Crippen molar-refractivity contribution >= 4 is 17.3 Å². The van der Waals surface area contributed by atoms with E-state index in [4.69, 9.17) is 9.47 Å². The highest BCUT2D eigenvalue weighted by molar-refractivity contribution is 6.07. The fourth-order valence-corrected chi connectivity index (χ4v) is 3.19. The van der Waals surface area contributed by atoms with E-state index in [1.165, 1.54) is 19.3 Å². The standard InChI is InChI=1S/C21H26N2O3/c1-25-15-16-26-20-12-6-3-9-17(20)21(24)22-18-10-4-5-11-19(18)23-13-7-2-8-14-23/h3-6,9-12H,2,7-8,13-16H2,1H3,(H,22,24). The number of ether oxygens (including phenoxy) is 2. The summed E-state index contributed by atoms with van der Waals surface area (Å²) in [6.45, 7) is 2.95. The molecule has 26 heavy (non-hydrogen) atoms. The van der Waals surface area contributed by atoms with Crippen molar-refractivity contribution in [1.29, 1.82) is 0 Å². The molecule has 0 radical (unpaired) electrons. The van der Waals surface area contributed by atoms with E-state index in [1.807, 2.05) is 30.3 Å². The SMILES string of the molecule is COCCOc1ccccc1C(=O)Nc1ccccc1N1CCCCC1. The van der Waals surface area contributed by atoms with Crippen molar-refractivity contribution in [2.75, 3.05) is 43.6 Å². The third-order valence-electron chi connectivity index (χ3n) is 4.53. The van der Waals surface area contributed by atoms with Gasteiger partial charge in [-0.15, -0.1) is 0 Å². The minimum atomic E-state index is -0.164. The minimum absolute atomic E-state index is 0.164. The van der Waals surface area contributed by atoms with Gasteiger partial charge in [-0.25, -0.2) is 0 Å². The second-order valence-corrected chi connectivity index (χ2v) is 6.36. The predicted octanol–water partition coefficient (Wildman–Crippen LogP) is 3.95. The van der Waals surface area contributed by atoms with E-state index in [2.05, 4.69) is 16.3 Å².